The summed E-state index contributed by atoms with van der Waals surface area (Å²) in [5.41, 5.74) is 0. The second-order valence-electron chi connectivity index (χ2n) is 7.27. The number of hydrogen-bond acceptors (Lipinski definition) is 7. The minimum absolute atomic E-state index is 0.0146. The van der Waals surface area contributed by atoms with E-state index in [-0.39, 0.29) is 30.7 Å². The summed E-state index contributed by atoms with van der Waals surface area (Å²) in [7, 11) is -6.11. The van der Waals surface area contributed by atoms with Crippen LogP contribution in [0.1, 0.15) is 0 Å². The maximum atomic E-state index is 12.6. The van der Waals surface area contributed by atoms with Gasteiger partial charge in [0, 0.05) is 5.88 Å². The number of esters is 1. The number of carbonyl (C=O) groups excluding carboxylic acids is 1. The third-order valence-electron chi connectivity index (χ3n) is 4.54. The zero-order valence-corrected chi connectivity index (χ0v) is 22.6. The molecule has 3 aromatic carbocycles. The summed E-state index contributed by atoms with van der Waals surface area (Å²) in [4.78, 5) is 14.7. The topological polar surface area (TPSA) is 102 Å². The molecule has 12 heteroatoms. The molecule has 0 radical (unpaired) electrons. The number of carbonyl (C=O) groups is 1. The Morgan fingerprint density at radius 1 is 0.737 bits per heavy atom. The van der Waals surface area contributed by atoms with Crippen molar-refractivity contribution in [1.82, 2.24) is 0 Å². The average molecular weight is 589 g/mol. The van der Waals surface area contributed by atoms with Crippen molar-refractivity contribution in [3.63, 3.8) is 0 Å². The van der Waals surface area contributed by atoms with Crippen LogP contribution in [0.5, 0.6) is 0 Å². The standard InChI is InChI=1S/C18H15S.C8H13ClF2O7S/c1-4-10-16(11-5-1)19(17-12-6-2-7-13-17)18-14-8-3-9-15-18;9-1-2-16-3-4-17-5-6-18-7(12)8(10,11)19(13,14)15/h1-15H;1-6H2,(H,13,14,15)/q+1;/p-1. The van der Waals surface area contributed by atoms with Gasteiger partial charge in [-0.3, -0.25) is 0 Å². The van der Waals surface area contributed by atoms with Gasteiger partial charge in [-0.15, -0.1) is 11.6 Å². The van der Waals surface area contributed by atoms with E-state index < -0.39 is 27.9 Å². The molecule has 0 aliphatic carbocycles. The van der Waals surface area contributed by atoms with Gasteiger partial charge in [-0.05, 0) is 36.4 Å². The number of alkyl halides is 3. The molecule has 0 aromatic heterocycles. The minimum atomic E-state index is -6.09. The SMILES string of the molecule is O=C(OCCOCCOCCCl)C(F)(F)S(=O)(=O)[O-].c1ccc([S+](c2ccccc2)c2ccccc2)cc1. The number of rotatable bonds is 13. The molecule has 7 nitrogen and oxygen atoms in total. The first kappa shape index (κ1) is 31.7. The van der Waals surface area contributed by atoms with Gasteiger partial charge in [0.15, 0.2) is 24.8 Å². The Bertz CT molecular complexity index is 1090. The maximum Gasteiger partial charge on any atom is 0.428 e. The predicted molar refractivity (Wildman–Crippen MR) is 139 cm³/mol. The highest BCUT2D eigenvalue weighted by Crippen LogP contribution is 2.30. The van der Waals surface area contributed by atoms with Crippen molar-refractivity contribution >= 4 is 38.6 Å². The van der Waals surface area contributed by atoms with Crippen molar-refractivity contribution in [2.24, 2.45) is 0 Å². The van der Waals surface area contributed by atoms with Gasteiger partial charge >= 0.3 is 11.2 Å². The van der Waals surface area contributed by atoms with E-state index in [4.69, 9.17) is 21.1 Å². The molecule has 0 N–H and O–H groups in total. The summed E-state index contributed by atoms with van der Waals surface area (Å²) in [6.07, 6.45) is 0. The van der Waals surface area contributed by atoms with E-state index in [1.54, 1.807) is 0 Å². The third kappa shape index (κ3) is 10.3. The minimum Gasteiger partial charge on any atom is -0.743 e. The lowest BCUT2D eigenvalue weighted by molar-refractivity contribution is -0.163. The Morgan fingerprint density at radius 2 is 1.11 bits per heavy atom. The Kier molecular flexibility index (Phi) is 13.7. The maximum absolute atomic E-state index is 12.6. The van der Waals surface area contributed by atoms with Crippen LogP contribution in [-0.2, 0) is 40.0 Å². The number of ether oxygens (including phenoxy) is 3. The van der Waals surface area contributed by atoms with Crippen molar-refractivity contribution < 1.29 is 40.8 Å². The van der Waals surface area contributed by atoms with Gasteiger partial charge in [0.1, 0.15) is 6.61 Å². The molecule has 38 heavy (non-hydrogen) atoms. The molecule has 3 aromatic rings. The van der Waals surface area contributed by atoms with E-state index in [1.807, 2.05) is 0 Å². The molecule has 0 aliphatic rings. The summed E-state index contributed by atoms with van der Waals surface area (Å²) >= 11 is 5.31. The Labute approximate surface area is 228 Å². The summed E-state index contributed by atoms with van der Waals surface area (Å²) in [6, 6.07) is 32.2. The molecule has 0 amide bonds. The largest absolute Gasteiger partial charge is 0.743 e. The molecule has 0 bridgehead atoms. The van der Waals surface area contributed by atoms with Gasteiger partial charge in [-0.25, -0.2) is 13.2 Å². The van der Waals surface area contributed by atoms with Gasteiger partial charge < -0.3 is 18.8 Å². The Hall–Kier alpha value is -2.54. The first-order valence-corrected chi connectivity index (χ1v) is 14.5. The highest BCUT2D eigenvalue weighted by Gasteiger charge is 2.48. The van der Waals surface area contributed by atoms with E-state index in [0.29, 0.717) is 12.5 Å². The molecule has 0 heterocycles. The van der Waals surface area contributed by atoms with Crippen LogP contribution in [0.3, 0.4) is 0 Å². The van der Waals surface area contributed by atoms with E-state index in [2.05, 4.69) is 95.7 Å². The normalized spacial score (nSPS) is 11.5. The van der Waals surface area contributed by atoms with E-state index in [9.17, 15) is 26.5 Å². The number of hydrogen-bond donors (Lipinski definition) is 0. The lowest BCUT2D eigenvalue weighted by atomic mass is 10.4. The number of halogens is 3. The average Bonchev–Trinajstić information content (AvgIpc) is 2.92. The summed E-state index contributed by atoms with van der Waals surface area (Å²) in [6.45, 7) is -0.200. The fourth-order valence-electron chi connectivity index (χ4n) is 2.83. The molecule has 0 aliphatic heterocycles. The molecule has 0 saturated heterocycles. The zero-order chi connectivity index (χ0) is 27.9. The Morgan fingerprint density at radius 3 is 1.47 bits per heavy atom. The van der Waals surface area contributed by atoms with E-state index in [0.717, 1.165) is 0 Å². The van der Waals surface area contributed by atoms with Gasteiger partial charge in [0.2, 0.25) is 0 Å². The third-order valence-corrected chi connectivity index (χ3v) is 7.72. The first-order valence-electron chi connectivity index (χ1n) is 11.3. The van der Waals surface area contributed by atoms with Crippen LogP contribution < -0.4 is 0 Å². The van der Waals surface area contributed by atoms with Gasteiger partial charge in [0.25, 0.3) is 0 Å². The summed E-state index contributed by atoms with van der Waals surface area (Å²) in [5, 5.41) is -5.10. The fourth-order valence-corrected chi connectivity index (χ4v) is 5.31. The molecule has 0 spiro atoms. The van der Waals surface area contributed by atoms with Gasteiger partial charge in [-0.2, -0.15) is 8.78 Å². The van der Waals surface area contributed by atoms with Crippen LogP contribution >= 0.6 is 11.6 Å². The lowest BCUT2D eigenvalue weighted by Gasteiger charge is -2.17. The molecule has 0 fully saturated rings. The lowest BCUT2D eigenvalue weighted by Crippen LogP contribution is -2.39. The van der Waals surface area contributed by atoms with Crippen molar-refractivity contribution in [2.75, 3.05) is 38.9 Å². The molecule has 3 rings (SSSR count). The smallest absolute Gasteiger partial charge is 0.428 e. The predicted octanol–water partition coefficient (Wildman–Crippen LogP) is 4.72. The molecule has 0 saturated carbocycles. The van der Waals surface area contributed by atoms with Gasteiger partial charge in [0.05, 0.1) is 37.3 Å². The summed E-state index contributed by atoms with van der Waals surface area (Å²) in [5.74, 6) is -2.11. The second kappa shape index (κ2) is 16.4. The highest BCUT2D eigenvalue weighted by atomic mass is 35.5. The second-order valence-corrected chi connectivity index (χ2v) is 11.1. The Balaban J connectivity index is 0.000000267. The van der Waals surface area contributed by atoms with Crippen molar-refractivity contribution in [2.45, 2.75) is 19.9 Å². The van der Waals surface area contributed by atoms with Crippen molar-refractivity contribution in [1.29, 1.82) is 0 Å². The van der Waals surface area contributed by atoms with E-state index in [1.165, 1.54) is 14.7 Å². The summed E-state index contributed by atoms with van der Waals surface area (Å²) < 4.78 is 69.0. The molecule has 206 valence electrons. The molecule has 0 atom stereocenters. The van der Waals surface area contributed by atoms with Crippen LogP contribution in [0, 0.1) is 0 Å². The van der Waals surface area contributed by atoms with Crippen LogP contribution in [0.15, 0.2) is 106 Å². The zero-order valence-electron chi connectivity index (χ0n) is 20.2. The van der Waals surface area contributed by atoms with Crippen LogP contribution in [0.4, 0.5) is 8.78 Å². The quantitative estimate of drug-likeness (QED) is 0.0936. The van der Waals surface area contributed by atoms with Crippen LogP contribution in [-0.4, -0.2) is 63.1 Å². The molecular weight excluding hydrogens is 562 g/mol. The van der Waals surface area contributed by atoms with Crippen LogP contribution in [0.2, 0.25) is 0 Å². The first-order chi connectivity index (χ1) is 18.2. The van der Waals surface area contributed by atoms with Crippen molar-refractivity contribution in [3.05, 3.63) is 91.0 Å². The highest BCUT2D eigenvalue weighted by molar-refractivity contribution is 7.97. The molecular formula is C26H27ClF2O7S2. The monoisotopic (exact) mass is 588 g/mol. The van der Waals surface area contributed by atoms with Gasteiger partial charge in [-0.1, -0.05) is 54.6 Å². The van der Waals surface area contributed by atoms with E-state index >= 15 is 0 Å². The fraction of sp³-hybridized carbons (Fsp3) is 0.269. The number of benzene rings is 3. The van der Waals surface area contributed by atoms with Crippen molar-refractivity contribution in [3.8, 4) is 0 Å². The molecule has 0 unspecified atom stereocenters. The van der Waals surface area contributed by atoms with Crippen LogP contribution in [0.25, 0.3) is 0 Å².